The summed E-state index contributed by atoms with van der Waals surface area (Å²) in [4.78, 5) is 25.0. The summed E-state index contributed by atoms with van der Waals surface area (Å²) in [6, 6.07) is 8.67. The van der Waals surface area contributed by atoms with E-state index in [1.807, 2.05) is 19.9 Å². The van der Waals surface area contributed by atoms with Crippen LogP contribution in [0.3, 0.4) is 0 Å². The highest BCUT2D eigenvalue weighted by Gasteiger charge is 2.10. The molecule has 0 saturated carbocycles. The van der Waals surface area contributed by atoms with E-state index in [0.29, 0.717) is 15.6 Å². The second-order valence-electron chi connectivity index (χ2n) is 4.61. The number of thiophene rings is 1. The van der Waals surface area contributed by atoms with Crippen LogP contribution in [0.2, 0.25) is 5.02 Å². The fraction of sp³-hybridized carbons (Fsp3) is 0.200. The highest BCUT2D eigenvalue weighted by Crippen LogP contribution is 2.21. The first-order valence-corrected chi connectivity index (χ1v) is 7.70. The molecule has 0 bridgehead atoms. The molecular formula is C15H15ClN2O3S. The molecular weight excluding hydrogens is 324 g/mol. The van der Waals surface area contributed by atoms with Crippen molar-refractivity contribution >= 4 is 34.8 Å². The van der Waals surface area contributed by atoms with Gasteiger partial charge in [0.1, 0.15) is 5.75 Å². The first-order valence-electron chi connectivity index (χ1n) is 6.50. The number of hydrogen-bond acceptors (Lipinski definition) is 4. The third-order valence-corrected chi connectivity index (χ3v) is 4.01. The van der Waals surface area contributed by atoms with E-state index in [9.17, 15) is 9.59 Å². The SMILES string of the molecule is Cc1ccc(C(=O)NNC(=O)COc2ccc(Cl)cc2C)s1. The van der Waals surface area contributed by atoms with Crippen molar-refractivity contribution in [3.05, 3.63) is 50.7 Å². The zero-order valence-corrected chi connectivity index (χ0v) is 13.7. The van der Waals surface area contributed by atoms with Gasteiger partial charge < -0.3 is 4.74 Å². The third-order valence-electron chi connectivity index (χ3n) is 2.78. The molecule has 116 valence electrons. The Kier molecular flexibility index (Phi) is 5.41. The van der Waals surface area contributed by atoms with Crippen LogP contribution >= 0.6 is 22.9 Å². The van der Waals surface area contributed by atoms with E-state index in [1.54, 1.807) is 24.3 Å². The van der Waals surface area contributed by atoms with Gasteiger partial charge in [0.15, 0.2) is 6.61 Å². The summed E-state index contributed by atoms with van der Waals surface area (Å²) in [6.07, 6.45) is 0. The van der Waals surface area contributed by atoms with E-state index in [-0.39, 0.29) is 12.5 Å². The molecule has 5 nitrogen and oxygen atoms in total. The Morgan fingerprint density at radius 1 is 1.18 bits per heavy atom. The number of carbonyl (C=O) groups is 2. The first kappa shape index (κ1) is 16.3. The van der Waals surface area contributed by atoms with E-state index in [0.717, 1.165) is 10.4 Å². The Labute approximate surface area is 137 Å². The summed E-state index contributed by atoms with van der Waals surface area (Å²) in [5.74, 6) is -0.232. The van der Waals surface area contributed by atoms with Crippen LogP contribution in [0.4, 0.5) is 0 Å². The molecule has 22 heavy (non-hydrogen) atoms. The van der Waals surface area contributed by atoms with Crippen molar-refractivity contribution < 1.29 is 14.3 Å². The van der Waals surface area contributed by atoms with Gasteiger partial charge in [-0.25, -0.2) is 0 Å². The van der Waals surface area contributed by atoms with Gasteiger partial charge in [-0.1, -0.05) is 11.6 Å². The van der Waals surface area contributed by atoms with Crippen molar-refractivity contribution in [2.24, 2.45) is 0 Å². The summed E-state index contributed by atoms with van der Waals surface area (Å²) in [6.45, 7) is 3.54. The molecule has 0 aliphatic heterocycles. The van der Waals surface area contributed by atoms with Gasteiger partial charge in [0.25, 0.3) is 11.8 Å². The van der Waals surface area contributed by atoms with E-state index < -0.39 is 5.91 Å². The second kappa shape index (κ2) is 7.29. The van der Waals surface area contributed by atoms with Gasteiger partial charge in [0, 0.05) is 9.90 Å². The van der Waals surface area contributed by atoms with E-state index in [1.165, 1.54) is 11.3 Å². The monoisotopic (exact) mass is 338 g/mol. The van der Waals surface area contributed by atoms with Crippen LogP contribution in [0.1, 0.15) is 20.1 Å². The average molecular weight is 339 g/mol. The number of rotatable bonds is 4. The molecule has 0 unspecified atom stereocenters. The zero-order valence-electron chi connectivity index (χ0n) is 12.1. The molecule has 0 spiro atoms. The topological polar surface area (TPSA) is 67.4 Å². The molecule has 1 aromatic carbocycles. The Morgan fingerprint density at radius 2 is 1.95 bits per heavy atom. The molecule has 2 N–H and O–H groups in total. The molecule has 1 aromatic heterocycles. The van der Waals surface area contributed by atoms with Gasteiger partial charge in [-0.05, 0) is 49.7 Å². The molecule has 2 amide bonds. The van der Waals surface area contributed by atoms with Crippen LogP contribution in [0.25, 0.3) is 0 Å². The van der Waals surface area contributed by atoms with Crippen LogP contribution in [-0.4, -0.2) is 18.4 Å². The average Bonchev–Trinajstić information content (AvgIpc) is 2.90. The van der Waals surface area contributed by atoms with Crippen LogP contribution in [0.5, 0.6) is 5.75 Å². The third kappa shape index (κ3) is 4.47. The van der Waals surface area contributed by atoms with Crippen LogP contribution < -0.4 is 15.6 Å². The number of halogens is 1. The predicted octanol–water partition coefficient (Wildman–Crippen LogP) is 2.86. The van der Waals surface area contributed by atoms with Gasteiger partial charge in [-0.3, -0.25) is 20.4 Å². The highest BCUT2D eigenvalue weighted by atomic mass is 35.5. The molecule has 0 fully saturated rings. The highest BCUT2D eigenvalue weighted by molar-refractivity contribution is 7.13. The lowest BCUT2D eigenvalue weighted by atomic mass is 10.2. The maximum atomic E-state index is 11.8. The lowest BCUT2D eigenvalue weighted by Crippen LogP contribution is -2.43. The van der Waals surface area contributed by atoms with Gasteiger partial charge in [0.05, 0.1) is 4.88 Å². The number of amides is 2. The predicted molar refractivity (Wildman–Crippen MR) is 86.3 cm³/mol. The van der Waals surface area contributed by atoms with Crippen LogP contribution in [0, 0.1) is 13.8 Å². The first-order chi connectivity index (χ1) is 10.5. The molecule has 0 atom stereocenters. The van der Waals surface area contributed by atoms with Crippen molar-refractivity contribution in [1.82, 2.24) is 10.9 Å². The lowest BCUT2D eigenvalue weighted by molar-refractivity contribution is -0.123. The summed E-state index contributed by atoms with van der Waals surface area (Å²) in [7, 11) is 0. The normalized spacial score (nSPS) is 10.1. The fourth-order valence-corrected chi connectivity index (χ4v) is 2.69. The van der Waals surface area contributed by atoms with Gasteiger partial charge in [-0.15, -0.1) is 11.3 Å². The molecule has 0 aliphatic rings. The number of hydrazine groups is 1. The smallest absolute Gasteiger partial charge is 0.279 e. The summed E-state index contributed by atoms with van der Waals surface area (Å²) in [5, 5.41) is 0.604. The lowest BCUT2D eigenvalue weighted by Gasteiger charge is -2.10. The Hall–Kier alpha value is -2.05. The van der Waals surface area contributed by atoms with Gasteiger partial charge >= 0.3 is 0 Å². The molecule has 2 aromatic rings. The number of aryl methyl sites for hydroxylation is 2. The van der Waals surface area contributed by atoms with Crippen molar-refractivity contribution in [3.63, 3.8) is 0 Å². The summed E-state index contributed by atoms with van der Waals surface area (Å²) in [5.41, 5.74) is 5.48. The molecule has 0 radical (unpaired) electrons. The Balaban J connectivity index is 1.79. The fourth-order valence-electron chi connectivity index (χ4n) is 1.70. The van der Waals surface area contributed by atoms with E-state index >= 15 is 0 Å². The molecule has 0 saturated heterocycles. The number of hydrogen-bond donors (Lipinski definition) is 2. The largest absolute Gasteiger partial charge is 0.483 e. The molecule has 2 rings (SSSR count). The number of benzene rings is 1. The maximum absolute atomic E-state index is 11.8. The Bertz CT molecular complexity index is 700. The van der Waals surface area contributed by atoms with Crippen molar-refractivity contribution in [2.75, 3.05) is 6.61 Å². The van der Waals surface area contributed by atoms with Crippen molar-refractivity contribution in [1.29, 1.82) is 0 Å². The minimum Gasteiger partial charge on any atom is -0.483 e. The van der Waals surface area contributed by atoms with Crippen LogP contribution in [0.15, 0.2) is 30.3 Å². The maximum Gasteiger partial charge on any atom is 0.279 e. The standard InChI is InChI=1S/C15H15ClN2O3S/c1-9-7-11(16)4-5-12(9)21-8-14(19)17-18-15(20)13-6-3-10(2)22-13/h3-7H,8H2,1-2H3,(H,17,19)(H,18,20). The minimum absolute atomic E-state index is 0.202. The molecule has 0 aliphatic carbocycles. The quantitative estimate of drug-likeness (QED) is 0.842. The molecule has 1 heterocycles. The second-order valence-corrected chi connectivity index (χ2v) is 6.34. The minimum atomic E-state index is -0.448. The molecule has 7 heteroatoms. The van der Waals surface area contributed by atoms with E-state index in [2.05, 4.69) is 10.9 Å². The summed E-state index contributed by atoms with van der Waals surface area (Å²) >= 11 is 7.20. The van der Waals surface area contributed by atoms with Crippen molar-refractivity contribution in [2.45, 2.75) is 13.8 Å². The van der Waals surface area contributed by atoms with Gasteiger partial charge in [0.2, 0.25) is 0 Å². The summed E-state index contributed by atoms with van der Waals surface area (Å²) < 4.78 is 5.38. The zero-order chi connectivity index (χ0) is 16.1. The Morgan fingerprint density at radius 3 is 2.59 bits per heavy atom. The number of carbonyl (C=O) groups excluding carboxylic acids is 2. The van der Waals surface area contributed by atoms with Crippen LogP contribution in [-0.2, 0) is 4.79 Å². The number of ether oxygens (including phenoxy) is 1. The van der Waals surface area contributed by atoms with Crippen molar-refractivity contribution in [3.8, 4) is 5.75 Å². The van der Waals surface area contributed by atoms with E-state index in [4.69, 9.17) is 16.3 Å². The van der Waals surface area contributed by atoms with Gasteiger partial charge in [-0.2, -0.15) is 0 Å². The number of nitrogens with one attached hydrogen (secondary N) is 2.